The van der Waals surface area contributed by atoms with Crippen molar-refractivity contribution in [2.24, 2.45) is 0 Å². The molecule has 0 saturated carbocycles. The molecular weight excluding hydrogens is 398 g/mol. The largest absolute Gasteiger partial charge is 0.443 e. The van der Waals surface area contributed by atoms with Gasteiger partial charge in [0.1, 0.15) is 11.3 Å². The van der Waals surface area contributed by atoms with Crippen LogP contribution in [0.2, 0.25) is 0 Å². The van der Waals surface area contributed by atoms with Crippen LogP contribution in [0.1, 0.15) is 49.8 Å². The van der Waals surface area contributed by atoms with Gasteiger partial charge in [0.15, 0.2) is 0 Å². The molecule has 0 unspecified atom stereocenters. The van der Waals surface area contributed by atoms with Crippen LogP contribution in [0.4, 0.5) is 4.79 Å². The SMILES string of the molecule is COOCCCCNC(=O)c1cc2c3ccccc3n(C(=O)OC(C)(C)C)c2c(C)n1. The molecule has 1 aromatic carbocycles. The van der Waals surface area contributed by atoms with Crippen molar-refractivity contribution in [2.45, 2.75) is 46.1 Å². The van der Waals surface area contributed by atoms with E-state index in [-0.39, 0.29) is 5.91 Å². The van der Waals surface area contributed by atoms with Gasteiger partial charge in [-0.05, 0) is 52.7 Å². The predicted molar refractivity (Wildman–Crippen MR) is 118 cm³/mol. The van der Waals surface area contributed by atoms with Crippen LogP contribution in [0.25, 0.3) is 21.8 Å². The summed E-state index contributed by atoms with van der Waals surface area (Å²) in [6, 6.07) is 9.29. The first-order valence-corrected chi connectivity index (χ1v) is 10.3. The van der Waals surface area contributed by atoms with Gasteiger partial charge in [0.2, 0.25) is 0 Å². The number of aromatic nitrogens is 2. The normalized spacial score (nSPS) is 11.8. The Bertz CT molecular complexity index is 1100. The number of ether oxygens (including phenoxy) is 1. The highest BCUT2D eigenvalue weighted by Gasteiger charge is 2.24. The fourth-order valence-electron chi connectivity index (χ4n) is 3.45. The smallest absolute Gasteiger partial charge is 0.419 e. The number of nitrogens with zero attached hydrogens (tertiary/aromatic N) is 2. The number of hydrogen-bond donors (Lipinski definition) is 1. The number of unbranched alkanes of at least 4 members (excludes halogenated alkanes) is 1. The molecule has 1 N–H and O–H groups in total. The van der Waals surface area contributed by atoms with Crippen LogP contribution in [0.3, 0.4) is 0 Å². The Morgan fingerprint density at radius 2 is 1.87 bits per heavy atom. The van der Waals surface area contributed by atoms with Crippen molar-refractivity contribution in [1.29, 1.82) is 0 Å². The van der Waals surface area contributed by atoms with E-state index in [2.05, 4.69) is 15.2 Å². The molecule has 1 amide bonds. The molecule has 2 heterocycles. The van der Waals surface area contributed by atoms with Gasteiger partial charge >= 0.3 is 6.09 Å². The quantitative estimate of drug-likeness (QED) is 0.342. The van der Waals surface area contributed by atoms with Gasteiger partial charge in [-0.25, -0.2) is 24.1 Å². The second-order valence-corrected chi connectivity index (χ2v) is 8.27. The van der Waals surface area contributed by atoms with E-state index < -0.39 is 11.7 Å². The van der Waals surface area contributed by atoms with Gasteiger partial charge in [0.05, 0.1) is 30.4 Å². The van der Waals surface area contributed by atoms with Crippen LogP contribution in [0.5, 0.6) is 0 Å². The van der Waals surface area contributed by atoms with Crippen molar-refractivity contribution < 1.29 is 24.1 Å². The fourth-order valence-corrected chi connectivity index (χ4v) is 3.45. The van der Waals surface area contributed by atoms with Crippen molar-refractivity contribution in [3.05, 3.63) is 41.7 Å². The minimum atomic E-state index is -0.635. The third kappa shape index (κ3) is 5.21. The topological polar surface area (TPSA) is 91.7 Å². The summed E-state index contributed by atoms with van der Waals surface area (Å²) in [5.74, 6) is -0.258. The summed E-state index contributed by atoms with van der Waals surface area (Å²) in [5.41, 5.74) is 1.61. The number of carbonyl (C=O) groups is 2. The molecule has 0 aliphatic rings. The van der Waals surface area contributed by atoms with Crippen molar-refractivity contribution >= 4 is 33.8 Å². The Balaban J connectivity index is 1.94. The summed E-state index contributed by atoms with van der Waals surface area (Å²) in [6.45, 7) is 8.25. The number of pyridine rings is 1. The molecule has 3 aromatic rings. The van der Waals surface area contributed by atoms with Crippen LogP contribution in [-0.4, -0.2) is 47.4 Å². The van der Waals surface area contributed by atoms with E-state index >= 15 is 0 Å². The molecular formula is C23H29N3O5. The lowest BCUT2D eigenvalue weighted by atomic mass is 10.1. The first-order valence-electron chi connectivity index (χ1n) is 10.3. The second-order valence-electron chi connectivity index (χ2n) is 8.27. The van der Waals surface area contributed by atoms with Crippen LogP contribution < -0.4 is 5.32 Å². The maximum Gasteiger partial charge on any atom is 0.419 e. The number of para-hydroxylation sites is 1. The molecule has 0 spiro atoms. The average Bonchev–Trinajstić information content (AvgIpc) is 3.04. The van der Waals surface area contributed by atoms with E-state index in [1.165, 1.54) is 11.7 Å². The van der Waals surface area contributed by atoms with Crippen molar-refractivity contribution in [2.75, 3.05) is 20.3 Å². The number of amides is 1. The lowest BCUT2D eigenvalue weighted by molar-refractivity contribution is -0.272. The zero-order valence-corrected chi connectivity index (χ0v) is 18.7. The van der Waals surface area contributed by atoms with Crippen molar-refractivity contribution in [1.82, 2.24) is 14.9 Å². The lowest BCUT2D eigenvalue weighted by Gasteiger charge is -2.20. The molecule has 3 rings (SSSR count). The van der Waals surface area contributed by atoms with E-state index in [1.54, 1.807) is 13.0 Å². The molecule has 0 fully saturated rings. The van der Waals surface area contributed by atoms with Gasteiger partial charge in [0.25, 0.3) is 5.91 Å². The van der Waals surface area contributed by atoms with E-state index in [4.69, 9.17) is 9.62 Å². The standard InChI is InChI=1S/C23H29N3O5/c1-15-20-17(14-18(25-15)21(27)24-12-8-9-13-30-29-5)16-10-6-7-11-19(16)26(20)22(28)31-23(2,3)4/h6-7,10-11,14H,8-9,12-13H2,1-5H3,(H,24,27). The predicted octanol–water partition coefficient (Wildman–Crippen LogP) is 4.37. The Labute approximate surface area is 181 Å². The van der Waals surface area contributed by atoms with Gasteiger partial charge in [0, 0.05) is 17.3 Å². The minimum absolute atomic E-state index is 0.258. The monoisotopic (exact) mass is 427 g/mol. The Kier molecular flexibility index (Phi) is 6.92. The molecule has 0 bridgehead atoms. The molecule has 2 aromatic heterocycles. The highest BCUT2D eigenvalue weighted by Crippen LogP contribution is 2.31. The van der Waals surface area contributed by atoms with E-state index in [0.717, 1.165) is 23.6 Å². The molecule has 0 aliphatic carbocycles. The molecule has 31 heavy (non-hydrogen) atoms. The van der Waals surface area contributed by atoms with Crippen LogP contribution in [-0.2, 0) is 14.5 Å². The third-order valence-corrected chi connectivity index (χ3v) is 4.69. The van der Waals surface area contributed by atoms with Crippen LogP contribution in [0.15, 0.2) is 30.3 Å². The summed E-state index contributed by atoms with van der Waals surface area (Å²) >= 11 is 0. The van der Waals surface area contributed by atoms with Crippen LogP contribution in [0, 0.1) is 6.92 Å². The first kappa shape index (κ1) is 22.7. The zero-order valence-electron chi connectivity index (χ0n) is 18.7. The van der Waals surface area contributed by atoms with Gasteiger partial charge < -0.3 is 10.1 Å². The van der Waals surface area contributed by atoms with E-state index in [0.29, 0.717) is 35.6 Å². The number of benzene rings is 1. The maximum atomic E-state index is 13.0. The highest BCUT2D eigenvalue weighted by atomic mass is 17.2. The van der Waals surface area contributed by atoms with Gasteiger partial charge in [-0.1, -0.05) is 18.2 Å². The Morgan fingerprint density at radius 3 is 2.58 bits per heavy atom. The van der Waals surface area contributed by atoms with Crippen molar-refractivity contribution in [3.8, 4) is 0 Å². The number of aryl methyl sites for hydroxylation is 1. The number of nitrogens with one attached hydrogen (secondary N) is 1. The summed E-state index contributed by atoms with van der Waals surface area (Å²) in [5, 5.41) is 4.53. The second kappa shape index (κ2) is 9.45. The molecule has 0 saturated heterocycles. The number of carbonyl (C=O) groups excluding carboxylic acids is 2. The zero-order chi connectivity index (χ0) is 22.6. The Morgan fingerprint density at radius 1 is 1.13 bits per heavy atom. The highest BCUT2D eigenvalue weighted by molar-refractivity contribution is 6.14. The molecule has 166 valence electrons. The van der Waals surface area contributed by atoms with Crippen LogP contribution >= 0.6 is 0 Å². The molecule has 8 heteroatoms. The molecule has 0 aliphatic heterocycles. The minimum Gasteiger partial charge on any atom is -0.443 e. The van der Waals surface area contributed by atoms with Gasteiger partial charge in [-0.15, -0.1) is 0 Å². The Hall–Kier alpha value is -2.97. The van der Waals surface area contributed by atoms with E-state index in [9.17, 15) is 9.59 Å². The van der Waals surface area contributed by atoms with Crippen molar-refractivity contribution in [3.63, 3.8) is 0 Å². The summed E-state index contributed by atoms with van der Waals surface area (Å²) < 4.78 is 7.16. The number of hydrogen-bond acceptors (Lipinski definition) is 6. The number of rotatable bonds is 7. The van der Waals surface area contributed by atoms with E-state index in [1.807, 2.05) is 45.0 Å². The molecule has 0 atom stereocenters. The number of fused-ring (bicyclic) bond motifs is 3. The van der Waals surface area contributed by atoms with Gasteiger partial charge in [-0.2, -0.15) is 0 Å². The van der Waals surface area contributed by atoms with Gasteiger partial charge in [-0.3, -0.25) is 4.79 Å². The summed E-state index contributed by atoms with van der Waals surface area (Å²) in [7, 11) is 1.46. The summed E-state index contributed by atoms with van der Waals surface area (Å²) in [6.07, 6.45) is 1.05. The average molecular weight is 428 g/mol. The summed E-state index contributed by atoms with van der Waals surface area (Å²) in [4.78, 5) is 39.5. The molecule has 0 radical (unpaired) electrons. The fraction of sp³-hybridized carbons (Fsp3) is 0.435. The lowest BCUT2D eigenvalue weighted by Crippen LogP contribution is -2.27. The molecule has 8 nitrogen and oxygen atoms in total. The maximum absolute atomic E-state index is 13.0. The third-order valence-electron chi connectivity index (χ3n) is 4.69. The first-order chi connectivity index (χ1) is 14.7.